The summed E-state index contributed by atoms with van der Waals surface area (Å²) in [6.07, 6.45) is 2.38. The van der Waals surface area contributed by atoms with Gasteiger partial charge in [0.1, 0.15) is 17.3 Å². The summed E-state index contributed by atoms with van der Waals surface area (Å²) in [6.45, 7) is 3.29. The average Bonchev–Trinajstić information content (AvgIpc) is 3.18. The van der Waals surface area contributed by atoms with E-state index in [1.165, 1.54) is 0 Å². The van der Waals surface area contributed by atoms with Gasteiger partial charge < -0.3 is 14.4 Å². The molecule has 8 nitrogen and oxygen atoms in total. The number of hydrogen-bond acceptors (Lipinski definition) is 5. The van der Waals surface area contributed by atoms with Crippen molar-refractivity contribution in [2.75, 3.05) is 27.3 Å². The number of rotatable bonds is 6. The number of amides is 1. The summed E-state index contributed by atoms with van der Waals surface area (Å²) in [5.74, 6) is 2.23. The molecule has 0 atom stereocenters. The van der Waals surface area contributed by atoms with Gasteiger partial charge in [-0.1, -0.05) is 18.2 Å². The number of ether oxygens (including phenoxy) is 2. The van der Waals surface area contributed by atoms with Crippen LogP contribution in [0.3, 0.4) is 0 Å². The number of hydrogen-bond donors (Lipinski definition) is 1. The molecule has 0 spiro atoms. The first-order chi connectivity index (χ1) is 15.5. The third-order valence-electron chi connectivity index (χ3n) is 6.07. The Morgan fingerprint density at radius 3 is 2.38 bits per heavy atom. The normalized spacial score (nSPS) is 14.4. The molecule has 1 aromatic heterocycles. The molecule has 1 amide bonds. The van der Waals surface area contributed by atoms with E-state index in [-0.39, 0.29) is 11.6 Å². The molecule has 2 heterocycles. The molecule has 0 aliphatic carbocycles. The van der Waals surface area contributed by atoms with Crippen molar-refractivity contribution in [3.63, 3.8) is 0 Å². The van der Waals surface area contributed by atoms with Crippen LogP contribution in [0.1, 0.15) is 34.6 Å². The fourth-order valence-corrected chi connectivity index (χ4v) is 4.24. The van der Waals surface area contributed by atoms with Gasteiger partial charge in [-0.2, -0.15) is 5.10 Å². The molecular formula is C24H28N4O4. The number of carbonyl (C=O) groups excluding carboxylic acids is 1. The Bertz CT molecular complexity index is 1140. The highest BCUT2D eigenvalue weighted by Gasteiger charge is 2.26. The van der Waals surface area contributed by atoms with Crippen molar-refractivity contribution >= 4 is 5.91 Å². The first-order valence-electron chi connectivity index (χ1n) is 10.7. The van der Waals surface area contributed by atoms with Crippen LogP contribution in [0.2, 0.25) is 0 Å². The minimum Gasteiger partial charge on any atom is -0.497 e. The lowest BCUT2D eigenvalue weighted by molar-refractivity contribution is 0.0689. The van der Waals surface area contributed by atoms with Gasteiger partial charge in [0, 0.05) is 31.1 Å². The fraction of sp³-hybridized carbons (Fsp3) is 0.375. The number of aromatic nitrogens is 3. The van der Waals surface area contributed by atoms with Crippen LogP contribution in [-0.2, 0) is 6.42 Å². The van der Waals surface area contributed by atoms with Crippen LogP contribution in [0.5, 0.6) is 11.5 Å². The fourth-order valence-electron chi connectivity index (χ4n) is 4.24. The molecule has 0 unspecified atom stereocenters. The third kappa shape index (κ3) is 4.39. The van der Waals surface area contributed by atoms with E-state index in [4.69, 9.17) is 9.47 Å². The molecule has 1 aliphatic rings. The lowest BCUT2D eigenvalue weighted by Gasteiger charge is -2.32. The number of benzene rings is 2. The number of nitrogens with zero attached hydrogens (tertiary/aromatic N) is 3. The summed E-state index contributed by atoms with van der Waals surface area (Å²) < 4.78 is 12.2. The lowest BCUT2D eigenvalue weighted by Crippen LogP contribution is -2.39. The van der Waals surface area contributed by atoms with Gasteiger partial charge in [0.15, 0.2) is 0 Å². The maximum absolute atomic E-state index is 13.0. The number of carbonyl (C=O) groups is 1. The second kappa shape index (κ2) is 9.30. The largest absolute Gasteiger partial charge is 0.497 e. The predicted molar refractivity (Wildman–Crippen MR) is 121 cm³/mol. The maximum Gasteiger partial charge on any atom is 0.347 e. The summed E-state index contributed by atoms with van der Waals surface area (Å²) in [5.41, 5.74) is 2.20. The Morgan fingerprint density at radius 2 is 1.75 bits per heavy atom. The van der Waals surface area contributed by atoms with Crippen LogP contribution >= 0.6 is 0 Å². The zero-order valence-electron chi connectivity index (χ0n) is 18.6. The van der Waals surface area contributed by atoms with Crippen LogP contribution < -0.4 is 15.2 Å². The first kappa shape index (κ1) is 21.7. The van der Waals surface area contributed by atoms with Gasteiger partial charge in [-0.25, -0.2) is 14.5 Å². The van der Waals surface area contributed by atoms with Crippen molar-refractivity contribution in [2.45, 2.75) is 26.2 Å². The number of aromatic amines is 1. The highest BCUT2D eigenvalue weighted by molar-refractivity contribution is 5.95. The van der Waals surface area contributed by atoms with Gasteiger partial charge in [-0.3, -0.25) is 4.79 Å². The molecule has 8 heteroatoms. The SMILES string of the molecule is COc1cc(OC)cc(C(=O)N2CCC(Cc3n[nH]c(=O)n3-c3ccccc3C)CC2)c1. The van der Waals surface area contributed by atoms with E-state index in [1.54, 1.807) is 37.0 Å². The molecule has 3 aromatic rings. The highest BCUT2D eigenvalue weighted by Crippen LogP contribution is 2.26. The molecule has 32 heavy (non-hydrogen) atoms. The topological polar surface area (TPSA) is 89.5 Å². The second-order valence-electron chi connectivity index (χ2n) is 8.11. The van der Waals surface area contributed by atoms with E-state index in [0.29, 0.717) is 42.5 Å². The quantitative estimate of drug-likeness (QED) is 0.642. The van der Waals surface area contributed by atoms with Crippen molar-refractivity contribution in [3.8, 4) is 17.2 Å². The summed E-state index contributed by atoms with van der Waals surface area (Å²) in [5, 5.41) is 6.88. The average molecular weight is 437 g/mol. The highest BCUT2D eigenvalue weighted by atomic mass is 16.5. The van der Waals surface area contributed by atoms with E-state index < -0.39 is 0 Å². The molecule has 0 bridgehead atoms. The molecule has 4 rings (SSSR count). The number of para-hydroxylation sites is 1. The number of nitrogens with one attached hydrogen (secondary N) is 1. The van der Waals surface area contributed by atoms with Gasteiger partial charge in [0.05, 0.1) is 19.9 Å². The number of likely N-dealkylation sites (tertiary alicyclic amines) is 1. The number of methoxy groups -OCH3 is 2. The van der Waals surface area contributed by atoms with E-state index in [9.17, 15) is 9.59 Å². The summed E-state index contributed by atoms with van der Waals surface area (Å²) in [4.78, 5) is 27.3. The van der Waals surface area contributed by atoms with E-state index in [2.05, 4.69) is 10.2 Å². The summed E-state index contributed by atoms with van der Waals surface area (Å²) >= 11 is 0. The molecule has 0 saturated carbocycles. The smallest absolute Gasteiger partial charge is 0.347 e. The molecule has 2 aromatic carbocycles. The van der Waals surface area contributed by atoms with Crippen LogP contribution in [0.25, 0.3) is 5.69 Å². The molecule has 1 saturated heterocycles. The van der Waals surface area contributed by atoms with E-state index in [0.717, 1.165) is 29.9 Å². The molecule has 0 radical (unpaired) electrons. The Labute approximate surface area is 186 Å². The second-order valence-corrected chi connectivity index (χ2v) is 8.11. The van der Waals surface area contributed by atoms with Crippen molar-refractivity contribution in [3.05, 3.63) is 69.9 Å². The van der Waals surface area contributed by atoms with E-state index in [1.807, 2.05) is 36.1 Å². The Kier molecular flexibility index (Phi) is 6.30. The lowest BCUT2D eigenvalue weighted by atomic mass is 9.92. The first-order valence-corrected chi connectivity index (χ1v) is 10.7. The minimum atomic E-state index is -0.228. The maximum atomic E-state index is 13.0. The monoisotopic (exact) mass is 436 g/mol. The van der Waals surface area contributed by atoms with Gasteiger partial charge in [-0.15, -0.1) is 0 Å². The zero-order chi connectivity index (χ0) is 22.7. The Morgan fingerprint density at radius 1 is 1.09 bits per heavy atom. The molecule has 168 valence electrons. The minimum absolute atomic E-state index is 0.0303. The Balaban J connectivity index is 1.44. The number of piperidine rings is 1. The standard InChI is InChI=1S/C24H28N4O4/c1-16-6-4-5-7-21(16)28-22(25-26-24(28)30)12-17-8-10-27(11-9-17)23(29)18-13-19(31-2)15-20(14-18)32-3/h4-7,13-15,17H,8-12H2,1-3H3,(H,26,30). The molecule has 1 N–H and O–H groups in total. The zero-order valence-corrected chi connectivity index (χ0v) is 18.6. The van der Waals surface area contributed by atoms with Gasteiger partial charge in [-0.05, 0) is 49.4 Å². The van der Waals surface area contributed by atoms with Gasteiger partial charge >= 0.3 is 5.69 Å². The van der Waals surface area contributed by atoms with Crippen molar-refractivity contribution in [1.82, 2.24) is 19.7 Å². The van der Waals surface area contributed by atoms with E-state index >= 15 is 0 Å². The molecule has 1 aliphatic heterocycles. The number of aryl methyl sites for hydroxylation is 1. The van der Waals surface area contributed by atoms with Gasteiger partial charge in [0.25, 0.3) is 5.91 Å². The summed E-state index contributed by atoms with van der Waals surface area (Å²) in [7, 11) is 3.14. The number of H-pyrrole nitrogens is 1. The van der Waals surface area contributed by atoms with Gasteiger partial charge in [0.2, 0.25) is 0 Å². The van der Waals surface area contributed by atoms with Crippen LogP contribution in [-0.4, -0.2) is 52.9 Å². The molecular weight excluding hydrogens is 408 g/mol. The Hall–Kier alpha value is -3.55. The third-order valence-corrected chi connectivity index (χ3v) is 6.07. The van der Waals surface area contributed by atoms with Crippen molar-refractivity contribution < 1.29 is 14.3 Å². The van der Waals surface area contributed by atoms with Crippen LogP contribution in [0.15, 0.2) is 47.3 Å². The van der Waals surface area contributed by atoms with Crippen molar-refractivity contribution in [1.29, 1.82) is 0 Å². The van der Waals surface area contributed by atoms with Crippen LogP contribution in [0.4, 0.5) is 0 Å². The molecule has 1 fully saturated rings. The predicted octanol–water partition coefficient (Wildman–Crippen LogP) is 2.98. The van der Waals surface area contributed by atoms with Crippen LogP contribution in [0, 0.1) is 12.8 Å². The summed E-state index contributed by atoms with van der Waals surface area (Å²) in [6, 6.07) is 13.0. The van der Waals surface area contributed by atoms with Crippen molar-refractivity contribution in [2.24, 2.45) is 5.92 Å².